The second-order valence-corrected chi connectivity index (χ2v) is 8.59. The number of nitrogens with zero attached hydrogens (tertiary/aromatic N) is 2. The van der Waals surface area contributed by atoms with E-state index in [2.05, 4.69) is 24.1 Å². The molecule has 0 saturated heterocycles. The molecule has 0 aliphatic heterocycles. The number of aromatic nitrogens is 2. The van der Waals surface area contributed by atoms with Gasteiger partial charge in [0, 0.05) is 12.2 Å². The standard InChI is InChI=1S/C22H25N3O2S/c1-14(2)13-25-21(27)17-10-6-8-12-19(17)24-22(25)28-16(4)20(26)23-18-11-7-5-9-15(18)3/h5-12,14,16H,13H2,1-4H3,(H,23,26)/t16-/m1/s1. The van der Waals surface area contributed by atoms with Gasteiger partial charge in [0.25, 0.3) is 5.56 Å². The van der Waals surface area contributed by atoms with Gasteiger partial charge in [-0.05, 0) is 43.5 Å². The van der Waals surface area contributed by atoms with Crippen molar-refractivity contribution in [3.8, 4) is 0 Å². The zero-order valence-corrected chi connectivity index (χ0v) is 17.4. The second-order valence-electron chi connectivity index (χ2n) is 7.29. The molecule has 1 amide bonds. The van der Waals surface area contributed by atoms with Crippen molar-refractivity contribution in [1.29, 1.82) is 0 Å². The number of hydrogen-bond acceptors (Lipinski definition) is 4. The van der Waals surface area contributed by atoms with Crippen molar-refractivity contribution in [3.05, 3.63) is 64.4 Å². The molecule has 5 nitrogen and oxygen atoms in total. The Morgan fingerprint density at radius 1 is 1.11 bits per heavy atom. The molecule has 6 heteroatoms. The summed E-state index contributed by atoms with van der Waals surface area (Å²) in [4.78, 5) is 30.4. The third-order valence-electron chi connectivity index (χ3n) is 4.43. The predicted octanol–water partition coefficient (Wildman–Crippen LogP) is 4.48. The molecule has 0 saturated carbocycles. The maximum absolute atomic E-state index is 13.0. The molecule has 0 fully saturated rings. The summed E-state index contributed by atoms with van der Waals surface area (Å²) in [5, 5.41) is 3.75. The van der Waals surface area contributed by atoms with Crippen LogP contribution in [-0.2, 0) is 11.3 Å². The number of hydrogen-bond donors (Lipinski definition) is 1. The molecule has 0 aliphatic rings. The van der Waals surface area contributed by atoms with Crippen LogP contribution in [-0.4, -0.2) is 20.7 Å². The molecule has 1 N–H and O–H groups in total. The number of anilines is 1. The lowest BCUT2D eigenvalue weighted by molar-refractivity contribution is -0.115. The van der Waals surface area contributed by atoms with Gasteiger partial charge in [-0.25, -0.2) is 4.98 Å². The van der Waals surface area contributed by atoms with Crippen molar-refractivity contribution in [2.24, 2.45) is 5.92 Å². The zero-order valence-electron chi connectivity index (χ0n) is 16.6. The highest BCUT2D eigenvalue weighted by molar-refractivity contribution is 8.00. The van der Waals surface area contributed by atoms with E-state index in [9.17, 15) is 9.59 Å². The zero-order chi connectivity index (χ0) is 20.3. The van der Waals surface area contributed by atoms with Crippen LogP contribution in [0.2, 0.25) is 0 Å². The van der Waals surface area contributed by atoms with Crippen molar-refractivity contribution in [2.75, 3.05) is 5.32 Å². The van der Waals surface area contributed by atoms with Gasteiger partial charge in [0.05, 0.1) is 16.2 Å². The van der Waals surface area contributed by atoms with E-state index in [1.807, 2.05) is 56.3 Å². The molecule has 1 aromatic heterocycles. The maximum atomic E-state index is 13.0. The fourth-order valence-corrected chi connectivity index (χ4v) is 3.84. The van der Waals surface area contributed by atoms with Crippen molar-refractivity contribution in [1.82, 2.24) is 9.55 Å². The Bertz CT molecular complexity index is 1060. The SMILES string of the molecule is Cc1ccccc1NC(=O)[C@@H](C)Sc1nc2ccccc2c(=O)n1CC(C)C. The number of fused-ring (bicyclic) bond motifs is 1. The van der Waals surface area contributed by atoms with Crippen molar-refractivity contribution >= 4 is 34.3 Å². The molecule has 2 aromatic carbocycles. The van der Waals surface area contributed by atoms with Crippen molar-refractivity contribution in [2.45, 2.75) is 44.6 Å². The summed E-state index contributed by atoms with van der Waals surface area (Å²) >= 11 is 1.31. The number of amides is 1. The van der Waals surface area contributed by atoms with E-state index in [1.54, 1.807) is 10.6 Å². The van der Waals surface area contributed by atoms with Crippen LogP contribution < -0.4 is 10.9 Å². The molecule has 146 valence electrons. The van der Waals surface area contributed by atoms with Gasteiger partial charge in [0.2, 0.25) is 5.91 Å². The highest BCUT2D eigenvalue weighted by atomic mass is 32.2. The number of rotatable bonds is 6. The first kappa shape index (κ1) is 20.1. The smallest absolute Gasteiger partial charge is 0.262 e. The molecule has 28 heavy (non-hydrogen) atoms. The minimum absolute atomic E-state index is 0.0617. The van der Waals surface area contributed by atoms with Crippen LogP contribution in [0.5, 0.6) is 0 Å². The number of thioether (sulfide) groups is 1. The molecular formula is C22H25N3O2S. The monoisotopic (exact) mass is 395 g/mol. The highest BCUT2D eigenvalue weighted by Crippen LogP contribution is 2.25. The van der Waals surface area contributed by atoms with E-state index in [4.69, 9.17) is 0 Å². The number of carbonyl (C=O) groups is 1. The van der Waals surface area contributed by atoms with Gasteiger partial charge in [0.15, 0.2) is 5.16 Å². The first-order chi connectivity index (χ1) is 13.4. The lowest BCUT2D eigenvalue weighted by Crippen LogP contribution is -2.28. The van der Waals surface area contributed by atoms with E-state index < -0.39 is 5.25 Å². The Morgan fingerprint density at radius 2 is 1.79 bits per heavy atom. The number of para-hydroxylation sites is 2. The number of carbonyl (C=O) groups excluding carboxylic acids is 1. The van der Waals surface area contributed by atoms with Crippen LogP contribution in [0.15, 0.2) is 58.5 Å². The lowest BCUT2D eigenvalue weighted by atomic mass is 10.2. The van der Waals surface area contributed by atoms with Crippen molar-refractivity contribution in [3.63, 3.8) is 0 Å². The summed E-state index contributed by atoms with van der Waals surface area (Å²) in [6.45, 7) is 8.47. The van der Waals surface area contributed by atoms with Crippen LogP contribution in [0, 0.1) is 12.8 Å². The molecule has 0 spiro atoms. The number of nitrogens with one attached hydrogen (secondary N) is 1. The molecule has 0 aliphatic carbocycles. The summed E-state index contributed by atoms with van der Waals surface area (Å²) < 4.78 is 1.69. The molecular weight excluding hydrogens is 370 g/mol. The average Bonchev–Trinajstić information content (AvgIpc) is 2.66. The molecule has 0 bridgehead atoms. The van der Waals surface area contributed by atoms with Crippen LogP contribution in [0.3, 0.4) is 0 Å². The minimum atomic E-state index is -0.397. The summed E-state index contributed by atoms with van der Waals surface area (Å²) in [7, 11) is 0. The average molecular weight is 396 g/mol. The van der Waals surface area contributed by atoms with Gasteiger partial charge >= 0.3 is 0 Å². The Hall–Kier alpha value is -2.60. The third-order valence-corrected chi connectivity index (χ3v) is 5.52. The van der Waals surface area contributed by atoms with Crippen LogP contribution >= 0.6 is 11.8 Å². The Kier molecular flexibility index (Phi) is 6.19. The largest absolute Gasteiger partial charge is 0.325 e. The maximum Gasteiger partial charge on any atom is 0.262 e. The minimum Gasteiger partial charge on any atom is -0.325 e. The quantitative estimate of drug-likeness (QED) is 0.494. The summed E-state index contributed by atoms with van der Waals surface area (Å²) in [6, 6.07) is 15.0. The predicted molar refractivity (Wildman–Crippen MR) is 116 cm³/mol. The number of aryl methyl sites for hydroxylation is 1. The van der Waals surface area contributed by atoms with Gasteiger partial charge in [0.1, 0.15) is 0 Å². The number of benzene rings is 2. The molecule has 3 rings (SSSR count). The van der Waals surface area contributed by atoms with Crippen LogP contribution in [0.25, 0.3) is 10.9 Å². The Morgan fingerprint density at radius 3 is 2.50 bits per heavy atom. The Balaban J connectivity index is 1.90. The topological polar surface area (TPSA) is 64.0 Å². The van der Waals surface area contributed by atoms with Crippen LogP contribution in [0.1, 0.15) is 26.3 Å². The van der Waals surface area contributed by atoms with Gasteiger partial charge in [-0.1, -0.05) is 55.9 Å². The van der Waals surface area contributed by atoms with Gasteiger partial charge in [-0.15, -0.1) is 0 Å². The van der Waals surface area contributed by atoms with E-state index >= 15 is 0 Å². The molecule has 1 atom stereocenters. The normalized spacial score (nSPS) is 12.3. The fraction of sp³-hybridized carbons (Fsp3) is 0.318. The first-order valence-electron chi connectivity index (χ1n) is 9.39. The third kappa shape index (κ3) is 4.44. The Labute approximate surface area is 169 Å². The summed E-state index contributed by atoms with van der Waals surface area (Å²) in [5.41, 5.74) is 2.40. The van der Waals surface area contributed by atoms with E-state index in [0.717, 1.165) is 11.3 Å². The van der Waals surface area contributed by atoms with Gasteiger partial charge in [-0.2, -0.15) is 0 Å². The highest BCUT2D eigenvalue weighted by Gasteiger charge is 2.20. The lowest BCUT2D eigenvalue weighted by Gasteiger charge is -2.18. The molecule has 1 heterocycles. The van der Waals surface area contributed by atoms with E-state index in [1.165, 1.54) is 11.8 Å². The summed E-state index contributed by atoms with van der Waals surface area (Å²) in [5.74, 6) is 0.175. The summed E-state index contributed by atoms with van der Waals surface area (Å²) in [6.07, 6.45) is 0. The molecule has 0 unspecified atom stereocenters. The van der Waals surface area contributed by atoms with Crippen molar-refractivity contribution < 1.29 is 4.79 Å². The second kappa shape index (κ2) is 8.61. The fourth-order valence-electron chi connectivity index (χ4n) is 2.92. The van der Waals surface area contributed by atoms with Gasteiger partial charge < -0.3 is 5.32 Å². The molecule has 3 aromatic rings. The molecule has 0 radical (unpaired) electrons. The van der Waals surface area contributed by atoms with Gasteiger partial charge in [-0.3, -0.25) is 14.2 Å². The van der Waals surface area contributed by atoms with E-state index in [0.29, 0.717) is 22.6 Å². The van der Waals surface area contributed by atoms with Crippen LogP contribution in [0.4, 0.5) is 5.69 Å². The van der Waals surface area contributed by atoms with E-state index in [-0.39, 0.29) is 17.4 Å². The first-order valence-corrected chi connectivity index (χ1v) is 10.3.